The number of ether oxygens (including phenoxy) is 4. The van der Waals surface area contributed by atoms with Crippen LogP contribution in [0.4, 0.5) is 0 Å². The number of aliphatic hydroxyl groups excluding tert-OH is 1. The second kappa shape index (κ2) is 65.0. The van der Waals surface area contributed by atoms with Gasteiger partial charge in [0.05, 0.1) is 26.4 Å². The van der Waals surface area contributed by atoms with E-state index in [1.54, 1.807) is 0 Å². The molecule has 0 aromatic rings. The summed E-state index contributed by atoms with van der Waals surface area (Å²) in [6, 6.07) is 0. The molecule has 3 N–H and O–H groups in total. The molecule has 0 aromatic carbocycles. The molecule has 0 heterocycles. The molecule has 5 atom stereocenters. The molecule has 0 rings (SSSR count). The van der Waals surface area contributed by atoms with Gasteiger partial charge < -0.3 is 33.8 Å². The first-order chi connectivity index (χ1) is 44.4. The molecule has 0 amide bonds. The van der Waals surface area contributed by atoms with Crippen LogP contribution in [0.5, 0.6) is 0 Å². The standard InChI is InChI=1S/C73H142O17P2/c1-7-9-11-13-15-30-39-45-51-57-72(77)89-68(61-83-70(75)55-49-43-35-14-12-10-8-2)63-87-91(79,80)85-59-67(74)60-86-92(81,82)88-64-69(90-73(78)58-52-46-40-34-29-25-21-17-19-23-27-32-37-42-48-54-66(5)6)62-84-71(76)56-50-44-38-33-28-24-20-16-18-22-26-31-36-41-47-53-65(3)4/h65-69,74H,7-64H2,1-6H3,(H,79,80)(H,81,82)/t67-,68+,69+/m0/s1. The summed E-state index contributed by atoms with van der Waals surface area (Å²) in [5.41, 5.74) is 0. The van der Waals surface area contributed by atoms with Crippen molar-refractivity contribution in [2.24, 2.45) is 11.8 Å². The highest BCUT2D eigenvalue weighted by molar-refractivity contribution is 7.47. The van der Waals surface area contributed by atoms with Crippen LogP contribution in [0, 0.1) is 11.8 Å². The lowest BCUT2D eigenvalue weighted by molar-refractivity contribution is -0.161. The summed E-state index contributed by atoms with van der Waals surface area (Å²) >= 11 is 0. The molecule has 17 nitrogen and oxygen atoms in total. The van der Waals surface area contributed by atoms with E-state index >= 15 is 0 Å². The third-order valence-electron chi connectivity index (χ3n) is 17.0. The quantitative estimate of drug-likeness (QED) is 0.0222. The van der Waals surface area contributed by atoms with Crippen molar-refractivity contribution >= 4 is 39.5 Å². The van der Waals surface area contributed by atoms with E-state index in [2.05, 4.69) is 41.5 Å². The van der Waals surface area contributed by atoms with Crippen LogP contribution >= 0.6 is 15.6 Å². The number of rotatable bonds is 72. The molecule has 19 heteroatoms. The number of hydrogen-bond donors (Lipinski definition) is 3. The minimum absolute atomic E-state index is 0.105. The van der Waals surface area contributed by atoms with Crippen LogP contribution in [-0.4, -0.2) is 96.7 Å². The highest BCUT2D eigenvalue weighted by Crippen LogP contribution is 2.45. The molecule has 0 spiro atoms. The second-order valence-electron chi connectivity index (χ2n) is 27.3. The Hall–Kier alpha value is -1.94. The normalized spacial score (nSPS) is 14.1. The maximum absolute atomic E-state index is 13.1. The van der Waals surface area contributed by atoms with Gasteiger partial charge in [-0.15, -0.1) is 0 Å². The first-order valence-corrected chi connectivity index (χ1v) is 41.0. The Morgan fingerprint density at radius 2 is 0.500 bits per heavy atom. The zero-order valence-electron chi connectivity index (χ0n) is 59.9. The lowest BCUT2D eigenvalue weighted by Gasteiger charge is -2.21. The molecule has 0 saturated heterocycles. The summed E-state index contributed by atoms with van der Waals surface area (Å²) < 4.78 is 68.2. The Balaban J connectivity index is 5.16. The fourth-order valence-electron chi connectivity index (χ4n) is 11.1. The van der Waals surface area contributed by atoms with E-state index in [1.807, 2.05) is 0 Å². The molecule has 0 fully saturated rings. The van der Waals surface area contributed by atoms with Crippen molar-refractivity contribution in [2.75, 3.05) is 39.6 Å². The Kier molecular flexibility index (Phi) is 63.7. The van der Waals surface area contributed by atoms with Crippen molar-refractivity contribution in [3.05, 3.63) is 0 Å². The van der Waals surface area contributed by atoms with Crippen molar-refractivity contribution in [1.29, 1.82) is 0 Å². The van der Waals surface area contributed by atoms with Gasteiger partial charge in [-0.1, -0.05) is 324 Å². The molecule has 0 radical (unpaired) electrons. The van der Waals surface area contributed by atoms with Gasteiger partial charge in [-0.2, -0.15) is 0 Å². The summed E-state index contributed by atoms with van der Waals surface area (Å²) in [4.78, 5) is 72.5. The van der Waals surface area contributed by atoms with E-state index in [1.165, 1.54) is 180 Å². The zero-order chi connectivity index (χ0) is 67.9. The second-order valence-corrected chi connectivity index (χ2v) is 30.2. The number of aliphatic hydroxyl groups is 1. The SMILES string of the molecule is CCCCCCCCCCCC(=O)O[C@H](COC(=O)CCCCCCCCC)COP(=O)(O)OC[C@H](O)COP(=O)(O)OC[C@@H](COC(=O)CCCCCCCCCCCCCCCCCC(C)C)OC(=O)CCCCCCCCCCCCCCCCCC(C)C. The maximum Gasteiger partial charge on any atom is 0.472 e. The van der Waals surface area contributed by atoms with E-state index < -0.39 is 97.5 Å². The van der Waals surface area contributed by atoms with Gasteiger partial charge in [-0.3, -0.25) is 37.3 Å². The number of hydrogen-bond acceptors (Lipinski definition) is 15. The number of carbonyl (C=O) groups is 4. The Labute approximate surface area is 562 Å². The van der Waals surface area contributed by atoms with Gasteiger partial charge >= 0.3 is 39.5 Å². The molecular weight excluding hydrogens is 1210 g/mol. The van der Waals surface area contributed by atoms with E-state index in [4.69, 9.17) is 37.0 Å². The van der Waals surface area contributed by atoms with Crippen LogP contribution in [-0.2, 0) is 65.4 Å². The van der Waals surface area contributed by atoms with Gasteiger partial charge in [-0.05, 0) is 37.5 Å². The minimum Gasteiger partial charge on any atom is -0.462 e. The summed E-state index contributed by atoms with van der Waals surface area (Å²) in [5, 5.41) is 10.6. The van der Waals surface area contributed by atoms with Crippen molar-refractivity contribution in [2.45, 2.75) is 394 Å². The van der Waals surface area contributed by atoms with Crippen LogP contribution < -0.4 is 0 Å². The number of phosphoric acid groups is 2. The predicted octanol–water partition coefficient (Wildman–Crippen LogP) is 21.2. The number of carbonyl (C=O) groups excluding carboxylic acids is 4. The predicted molar refractivity (Wildman–Crippen MR) is 372 cm³/mol. The molecular formula is C73H142O17P2. The molecule has 0 saturated carbocycles. The average Bonchev–Trinajstić information content (AvgIpc) is 3.16. The fraction of sp³-hybridized carbons (Fsp3) is 0.945. The van der Waals surface area contributed by atoms with Gasteiger partial charge in [0.2, 0.25) is 0 Å². The van der Waals surface area contributed by atoms with Gasteiger partial charge in [-0.25, -0.2) is 9.13 Å². The molecule has 0 aliphatic carbocycles. The molecule has 546 valence electrons. The fourth-order valence-corrected chi connectivity index (χ4v) is 12.7. The molecule has 0 aromatic heterocycles. The number of phosphoric ester groups is 2. The minimum atomic E-state index is -4.95. The Morgan fingerprint density at radius 3 is 0.739 bits per heavy atom. The molecule has 92 heavy (non-hydrogen) atoms. The smallest absolute Gasteiger partial charge is 0.462 e. The van der Waals surface area contributed by atoms with Crippen molar-refractivity contribution in [3.63, 3.8) is 0 Å². The van der Waals surface area contributed by atoms with Crippen LogP contribution in [0.1, 0.15) is 375 Å². The molecule has 2 unspecified atom stereocenters. The van der Waals surface area contributed by atoms with Gasteiger partial charge in [0, 0.05) is 25.7 Å². The van der Waals surface area contributed by atoms with E-state index in [-0.39, 0.29) is 25.7 Å². The Bertz CT molecular complexity index is 1790. The van der Waals surface area contributed by atoms with E-state index in [9.17, 15) is 43.2 Å². The molecule has 0 aliphatic rings. The first kappa shape index (κ1) is 90.1. The van der Waals surface area contributed by atoms with Crippen LogP contribution in [0.25, 0.3) is 0 Å². The van der Waals surface area contributed by atoms with Gasteiger partial charge in [0.25, 0.3) is 0 Å². The molecule has 0 aliphatic heterocycles. The number of unbranched alkanes of at least 4 members (excludes halogenated alkanes) is 42. The van der Waals surface area contributed by atoms with Crippen molar-refractivity contribution < 1.29 is 80.2 Å². The third kappa shape index (κ3) is 66.7. The topological polar surface area (TPSA) is 237 Å². The molecule has 0 bridgehead atoms. The highest BCUT2D eigenvalue weighted by Gasteiger charge is 2.30. The highest BCUT2D eigenvalue weighted by atomic mass is 31.2. The number of esters is 4. The summed E-state index contributed by atoms with van der Waals surface area (Å²) in [5.74, 6) is -0.517. The van der Waals surface area contributed by atoms with E-state index in [0.29, 0.717) is 25.7 Å². The Morgan fingerprint density at radius 1 is 0.293 bits per heavy atom. The summed E-state index contributed by atoms with van der Waals surface area (Å²) in [7, 11) is -9.90. The largest absolute Gasteiger partial charge is 0.472 e. The average molecular weight is 1350 g/mol. The van der Waals surface area contributed by atoms with Gasteiger partial charge in [0.15, 0.2) is 12.2 Å². The first-order valence-electron chi connectivity index (χ1n) is 38.0. The lowest BCUT2D eigenvalue weighted by atomic mass is 10.0. The van der Waals surface area contributed by atoms with Crippen molar-refractivity contribution in [3.8, 4) is 0 Å². The summed E-state index contributed by atoms with van der Waals surface area (Å²) in [6.45, 7) is 9.57. The zero-order valence-corrected chi connectivity index (χ0v) is 61.6. The van der Waals surface area contributed by atoms with Gasteiger partial charge in [0.1, 0.15) is 19.3 Å². The van der Waals surface area contributed by atoms with Crippen molar-refractivity contribution in [1.82, 2.24) is 0 Å². The van der Waals surface area contributed by atoms with Crippen LogP contribution in [0.15, 0.2) is 0 Å². The van der Waals surface area contributed by atoms with Crippen LogP contribution in [0.2, 0.25) is 0 Å². The third-order valence-corrected chi connectivity index (χ3v) is 18.9. The summed E-state index contributed by atoms with van der Waals surface area (Å²) in [6.07, 6.45) is 51.5. The van der Waals surface area contributed by atoms with E-state index in [0.717, 1.165) is 115 Å². The monoisotopic (exact) mass is 1350 g/mol. The lowest BCUT2D eigenvalue weighted by Crippen LogP contribution is -2.30. The maximum atomic E-state index is 13.1. The van der Waals surface area contributed by atoms with Crippen LogP contribution in [0.3, 0.4) is 0 Å².